The van der Waals surface area contributed by atoms with Gasteiger partial charge in [-0.05, 0) is 33.2 Å². The zero-order chi connectivity index (χ0) is 11.4. The number of hydrogen-bond donors (Lipinski definition) is 2. The van der Waals surface area contributed by atoms with Crippen LogP contribution in [0.25, 0.3) is 0 Å². The summed E-state index contributed by atoms with van der Waals surface area (Å²) in [6.45, 7) is 5.39. The number of likely N-dealkylation sites (tertiary alicyclic amines) is 1. The fourth-order valence-corrected chi connectivity index (χ4v) is 2.28. The summed E-state index contributed by atoms with van der Waals surface area (Å²) in [7, 11) is 0. The Bertz CT molecular complexity index is 257. The van der Waals surface area contributed by atoms with Crippen molar-refractivity contribution in [1.29, 1.82) is 0 Å². The van der Waals surface area contributed by atoms with E-state index in [1.807, 2.05) is 13.8 Å². The zero-order valence-electron chi connectivity index (χ0n) is 9.32. The lowest BCUT2D eigenvalue weighted by atomic mass is 10.2. The first-order chi connectivity index (χ1) is 7.07. The second-order valence-electron chi connectivity index (χ2n) is 3.87. The van der Waals surface area contributed by atoms with E-state index >= 15 is 0 Å². The van der Waals surface area contributed by atoms with Crippen LogP contribution in [-0.4, -0.2) is 41.0 Å². The topological polar surface area (TPSA) is 58.4 Å². The summed E-state index contributed by atoms with van der Waals surface area (Å²) in [4.78, 5) is 14.3. The minimum atomic E-state index is -0.140. The third-order valence-corrected chi connectivity index (χ3v) is 3.12. The number of carbonyl (C=O) groups is 1. The highest BCUT2D eigenvalue weighted by Gasteiger charge is 2.33. The molecule has 2 atom stereocenters. The van der Waals surface area contributed by atoms with Gasteiger partial charge in [-0.2, -0.15) is 0 Å². The first-order valence-corrected chi connectivity index (χ1v) is 5.81. The van der Waals surface area contributed by atoms with Crippen molar-refractivity contribution in [2.75, 3.05) is 13.1 Å². The molecule has 2 unspecified atom stereocenters. The van der Waals surface area contributed by atoms with Crippen molar-refractivity contribution in [2.24, 2.45) is 5.73 Å². The molecule has 1 rings (SSSR count). The molecular formula is C10H19N3OS. The SMILES string of the molecule is CCNC(=O)C(C)N1CCCC1C(N)=S. The van der Waals surface area contributed by atoms with Crippen molar-refractivity contribution in [3.8, 4) is 0 Å². The molecule has 0 aromatic rings. The van der Waals surface area contributed by atoms with Gasteiger partial charge in [0.15, 0.2) is 0 Å². The average Bonchev–Trinajstić information content (AvgIpc) is 2.65. The van der Waals surface area contributed by atoms with E-state index in [0.29, 0.717) is 11.5 Å². The molecule has 1 heterocycles. The van der Waals surface area contributed by atoms with Crippen LogP contribution in [0.4, 0.5) is 0 Å². The Labute approximate surface area is 96.2 Å². The highest BCUT2D eigenvalue weighted by atomic mass is 32.1. The number of likely N-dealkylation sites (N-methyl/N-ethyl adjacent to an activating group) is 1. The Balaban J connectivity index is 2.61. The number of carbonyl (C=O) groups excluding carboxylic acids is 1. The lowest BCUT2D eigenvalue weighted by Crippen LogP contribution is -2.50. The third kappa shape index (κ3) is 2.89. The molecule has 1 fully saturated rings. The second kappa shape index (κ2) is 5.42. The molecule has 0 bridgehead atoms. The van der Waals surface area contributed by atoms with Gasteiger partial charge in [0.05, 0.1) is 17.1 Å². The van der Waals surface area contributed by atoms with Crippen molar-refractivity contribution in [2.45, 2.75) is 38.8 Å². The van der Waals surface area contributed by atoms with Gasteiger partial charge in [-0.1, -0.05) is 12.2 Å². The Hall–Kier alpha value is -0.680. The van der Waals surface area contributed by atoms with Crippen LogP contribution >= 0.6 is 12.2 Å². The lowest BCUT2D eigenvalue weighted by Gasteiger charge is -2.28. The van der Waals surface area contributed by atoms with Crippen molar-refractivity contribution >= 4 is 23.1 Å². The highest BCUT2D eigenvalue weighted by Crippen LogP contribution is 2.20. The molecule has 0 aromatic heterocycles. The standard InChI is InChI=1S/C10H19N3OS/c1-3-12-10(14)7(2)13-6-4-5-8(13)9(11)15/h7-8H,3-6H2,1-2H3,(H2,11,15)(H,12,14). The molecule has 1 aliphatic heterocycles. The molecule has 0 saturated carbocycles. The zero-order valence-corrected chi connectivity index (χ0v) is 10.1. The summed E-state index contributed by atoms with van der Waals surface area (Å²) in [5.41, 5.74) is 5.66. The smallest absolute Gasteiger partial charge is 0.237 e. The van der Waals surface area contributed by atoms with Crippen LogP contribution < -0.4 is 11.1 Å². The number of nitrogens with two attached hydrogens (primary N) is 1. The maximum Gasteiger partial charge on any atom is 0.237 e. The molecule has 5 heteroatoms. The molecule has 4 nitrogen and oxygen atoms in total. The molecule has 3 N–H and O–H groups in total. The van der Waals surface area contributed by atoms with E-state index < -0.39 is 0 Å². The first kappa shape index (κ1) is 12.4. The Morgan fingerprint density at radius 2 is 2.40 bits per heavy atom. The van der Waals surface area contributed by atoms with E-state index in [1.165, 1.54) is 0 Å². The number of nitrogens with one attached hydrogen (secondary N) is 1. The molecule has 0 aliphatic carbocycles. The second-order valence-corrected chi connectivity index (χ2v) is 4.34. The summed E-state index contributed by atoms with van der Waals surface area (Å²) in [5, 5.41) is 2.82. The normalized spacial score (nSPS) is 23.7. The minimum Gasteiger partial charge on any atom is -0.392 e. The quantitative estimate of drug-likeness (QED) is 0.679. The number of rotatable bonds is 4. The van der Waals surface area contributed by atoms with E-state index in [-0.39, 0.29) is 18.0 Å². The Kier molecular flexibility index (Phi) is 4.47. The van der Waals surface area contributed by atoms with Gasteiger partial charge in [-0.3, -0.25) is 9.69 Å². The van der Waals surface area contributed by atoms with E-state index in [1.54, 1.807) is 0 Å². The highest BCUT2D eigenvalue weighted by molar-refractivity contribution is 7.80. The summed E-state index contributed by atoms with van der Waals surface area (Å²) in [6, 6.07) is -0.0449. The van der Waals surface area contributed by atoms with Crippen molar-refractivity contribution in [3.63, 3.8) is 0 Å². The van der Waals surface area contributed by atoms with Crippen LogP contribution in [0.5, 0.6) is 0 Å². The van der Waals surface area contributed by atoms with Crippen LogP contribution in [0, 0.1) is 0 Å². The van der Waals surface area contributed by atoms with Crippen LogP contribution in [0.2, 0.25) is 0 Å². The predicted molar refractivity (Wildman–Crippen MR) is 64.7 cm³/mol. The van der Waals surface area contributed by atoms with E-state index in [9.17, 15) is 4.79 Å². The summed E-state index contributed by atoms with van der Waals surface area (Å²) < 4.78 is 0. The number of amides is 1. The van der Waals surface area contributed by atoms with Gasteiger partial charge in [-0.25, -0.2) is 0 Å². The molecule has 1 saturated heterocycles. The third-order valence-electron chi connectivity index (χ3n) is 2.85. The lowest BCUT2D eigenvalue weighted by molar-refractivity contribution is -0.125. The fraction of sp³-hybridized carbons (Fsp3) is 0.800. The first-order valence-electron chi connectivity index (χ1n) is 5.40. The van der Waals surface area contributed by atoms with E-state index in [4.69, 9.17) is 18.0 Å². The molecule has 0 aromatic carbocycles. The van der Waals surface area contributed by atoms with Gasteiger partial charge in [0.25, 0.3) is 0 Å². The largest absolute Gasteiger partial charge is 0.392 e. The molecule has 86 valence electrons. The minimum absolute atomic E-state index is 0.0562. The van der Waals surface area contributed by atoms with Gasteiger partial charge >= 0.3 is 0 Å². The van der Waals surface area contributed by atoms with Crippen molar-refractivity contribution < 1.29 is 4.79 Å². The van der Waals surface area contributed by atoms with Crippen LogP contribution in [-0.2, 0) is 4.79 Å². The number of hydrogen-bond acceptors (Lipinski definition) is 3. The monoisotopic (exact) mass is 229 g/mol. The van der Waals surface area contributed by atoms with Gasteiger partial charge in [0.2, 0.25) is 5.91 Å². The molecular weight excluding hydrogens is 210 g/mol. The number of thiocarbonyl (C=S) groups is 1. The fourth-order valence-electron chi connectivity index (χ4n) is 2.03. The molecule has 0 spiro atoms. The van der Waals surface area contributed by atoms with Crippen LogP contribution in [0.15, 0.2) is 0 Å². The van der Waals surface area contributed by atoms with Gasteiger partial charge in [0, 0.05) is 6.54 Å². The predicted octanol–water partition coefficient (Wildman–Crippen LogP) is 0.262. The summed E-state index contributed by atoms with van der Waals surface area (Å²) in [5.74, 6) is 0.0562. The van der Waals surface area contributed by atoms with Crippen molar-refractivity contribution in [1.82, 2.24) is 10.2 Å². The van der Waals surface area contributed by atoms with Gasteiger partial charge in [0.1, 0.15) is 0 Å². The van der Waals surface area contributed by atoms with E-state index in [0.717, 1.165) is 19.4 Å². The van der Waals surface area contributed by atoms with E-state index in [2.05, 4.69) is 10.2 Å². The average molecular weight is 229 g/mol. The Morgan fingerprint density at radius 1 is 1.73 bits per heavy atom. The molecule has 1 aliphatic rings. The maximum absolute atomic E-state index is 11.7. The molecule has 1 amide bonds. The summed E-state index contributed by atoms with van der Waals surface area (Å²) in [6.07, 6.45) is 2.03. The maximum atomic E-state index is 11.7. The number of nitrogens with zero attached hydrogens (tertiary/aromatic N) is 1. The van der Waals surface area contributed by atoms with Crippen LogP contribution in [0.1, 0.15) is 26.7 Å². The Morgan fingerprint density at radius 3 is 2.93 bits per heavy atom. The molecule has 15 heavy (non-hydrogen) atoms. The van der Waals surface area contributed by atoms with Gasteiger partial charge in [-0.15, -0.1) is 0 Å². The van der Waals surface area contributed by atoms with Crippen molar-refractivity contribution in [3.05, 3.63) is 0 Å². The molecule has 0 radical (unpaired) electrons. The summed E-state index contributed by atoms with van der Waals surface area (Å²) >= 11 is 5.01. The van der Waals surface area contributed by atoms with Crippen LogP contribution in [0.3, 0.4) is 0 Å². The van der Waals surface area contributed by atoms with Gasteiger partial charge < -0.3 is 11.1 Å².